The number of fused-ring (bicyclic) bond motifs is 5. The molecule has 3 atom stereocenters. The monoisotopic (exact) mass is 528 g/mol. The molecule has 3 aromatic rings. The molecule has 0 amide bonds. The summed E-state index contributed by atoms with van der Waals surface area (Å²) in [5, 5.41) is 11.1. The summed E-state index contributed by atoms with van der Waals surface area (Å²) in [5.41, 5.74) is 3.63. The Balaban J connectivity index is 1.57. The molecule has 192 valence electrons. The molecule has 38 heavy (non-hydrogen) atoms. The van der Waals surface area contributed by atoms with E-state index in [-0.39, 0.29) is 16.5 Å². The normalized spacial score (nSPS) is 22.4. The molecule has 2 aliphatic carbocycles. The van der Waals surface area contributed by atoms with Gasteiger partial charge in [-0.3, -0.25) is 24.0 Å². The van der Waals surface area contributed by atoms with E-state index in [1.54, 1.807) is 30.3 Å². The number of hydrogen-bond donors (Lipinski definition) is 0. The van der Waals surface area contributed by atoms with Crippen LogP contribution in [0.5, 0.6) is 0 Å². The molecule has 8 nitrogen and oxygen atoms in total. The molecular formula is C29H24N2O6S. The highest BCUT2D eigenvalue weighted by molar-refractivity contribution is 7.89. The zero-order valence-electron chi connectivity index (χ0n) is 20.5. The second-order valence-corrected chi connectivity index (χ2v) is 11.9. The van der Waals surface area contributed by atoms with Crippen molar-refractivity contribution in [3.05, 3.63) is 111 Å². The molecule has 0 spiro atoms. The molecular weight excluding hydrogens is 504 g/mol. The number of sulfonamides is 1. The van der Waals surface area contributed by atoms with Gasteiger partial charge in [0.1, 0.15) is 0 Å². The molecule has 0 radical (unpaired) electrons. The summed E-state index contributed by atoms with van der Waals surface area (Å²) >= 11 is 0. The van der Waals surface area contributed by atoms with E-state index in [0.717, 1.165) is 36.1 Å². The van der Waals surface area contributed by atoms with Crippen molar-refractivity contribution in [3.63, 3.8) is 0 Å². The molecule has 0 saturated heterocycles. The summed E-state index contributed by atoms with van der Waals surface area (Å²) in [5.74, 6) is -1.94. The van der Waals surface area contributed by atoms with Crippen LogP contribution in [0.15, 0.2) is 77.8 Å². The molecule has 0 N–H and O–H groups in total. The van der Waals surface area contributed by atoms with Crippen molar-refractivity contribution < 1.29 is 22.9 Å². The number of carbonyl (C=O) groups is 2. The van der Waals surface area contributed by atoms with Crippen molar-refractivity contribution in [2.45, 2.75) is 43.0 Å². The maximum Gasteiger partial charge on any atom is 0.269 e. The third-order valence-electron chi connectivity index (χ3n) is 7.95. The van der Waals surface area contributed by atoms with Gasteiger partial charge in [0.05, 0.1) is 21.8 Å². The number of ketones is 2. The van der Waals surface area contributed by atoms with Crippen LogP contribution >= 0.6 is 0 Å². The highest BCUT2D eigenvalue weighted by atomic mass is 32.2. The first-order valence-corrected chi connectivity index (χ1v) is 13.9. The maximum atomic E-state index is 14.0. The SMILES string of the molecule is CC1CCCc2c1ccc1c2C(=O)C(=O)C2C(c3ccccc3)=CN(S(=O)(=O)c3ccc([N+](=O)[O-])cc3)C12. The highest BCUT2D eigenvalue weighted by Crippen LogP contribution is 2.52. The number of nitrogens with zero attached hydrogens (tertiary/aromatic N) is 2. The fourth-order valence-electron chi connectivity index (χ4n) is 6.11. The highest BCUT2D eigenvalue weighted by Gasteiger charge is 2.53. The van der Waals surface area contributed by atoms with Gasteiger partial charge in [-0.05, 0) is 65.1 Å². The fourth-order valence-corrected chi connectivity index (χ4v) is 7.62. The summed E-state index contributed by atoms with van der Waals surface area (Å²) < 4.78 is 29.2. The van der Waals surface area contributed by atoms with Crippen molar-refractivity contribution in [1.29, 1.82) is 0 Å². The minimum absolute atomic E-state index is 0.134. The first-order valence-electron chi connectivity index (χ1n) is 12.5. The molecule has 0 fully saturated rings. The third-order valence-corrected chi connectivity index (χ3v) is 9.71. The van der Waals surface area contributed by atoms with Crippen LogP contribution in [0.2, 0.25) is 0 Å². The van der Waals surface area contributed by atoms with Crippen molar-refractivity contribution in [3.8, 4) is 0 Å². The number of nitro benzene ring substituents is 1. The Hall–Kier alpha value is -4.11. The predicted octanol–water partition coefficient (Wildman–Crippen LogP) is 5.20. The molecule has 3 unspecified atom stereocenters. The lowest BCUT2D eigenvalue weighted by molar-refractivity contribution is -0.384. The number of nitro groups is 1. The lowest BCUT2D eigenvalue weighted by Crippen LogP contribution is -2.41. The minimum atomic E-state index is -4.24. The average molecular weight is 529 g/mol. The molecule has 9 heteroatoms. The standard InChI is InChI=1S/C29H24N2O6S/c1-17-6-5-9-22-21(17)14-15-23-25(22)28(32)29(33)26-24(18-7-3-2-4-8-18)16-30(27(23)26)38(36,37)20-12-10-19(11-13-20)31(34)35/h2-4,7-8,10-17,26-27H,5-6,9H2,1H3. The number of rotatable bonds is 4. The van der Waals surface area contributed by atoms with Gasteiger partial charge in [0.25, 0.3) is 15.7 Å². The lowest BCUT2D eigenvalue weighted by Gasteiger charge is -2.36. The molecule has 0 bridgehead atoms. The van der Waals surface area contributed by atoms with E-state index in [4.69, 9.17) is 0 Å². The van der Waals surface area contributed by atoms with Crippen LogP contribution < -0.4 is 0 Å². The maximum absolute atomic E-state index is 14.0. The smallest absolute Gasteiger partial charge is 0.269 e. The van der Waals surface area contributed by atoms with E-state index in [9.17, 15) is 28.1 Å². The van der Waals surface area contributed by atoms with E-state index < -0.39 is 38.5 Å². The molecule has 1 heterocycles. The minimum Gasteiger partial charge on any atom is -0.290 e. The summed E-state index contributed by atoms with van der Waals surface area (Å²) in [6.07, 6.45) is 3.98. The molecule has 1 aliphatic heterocycles. The van der Waals surface area contributed by atoms with Crippen LogP contribution in [0.4, 0.5) is 5.69 Å². The Morgan fingerprint density at radius 1 is 0.947 bits per heavy atom. The first-order chi connectivity index (χ1) is 18.2. The predicted molar refractivity (Wildman–Crippen MR) is 140 cm³/mol. The Kier molecular flexibility index (Phi) is 5.57. The number of non-ortho nitro benzene ring substituents is 1. The van der Waals surface area contributed by atoms with Crippen molar-refractivity contribution in [2.24, 2.45) is 5.92 Å². The molecule has 3 aromatic carbocycles. The summed E-state index contributed by atoms with van der Waals surface area (Å²) in [6, 6.07) is 16.5. The van der Waals surface area contributed by atoms with Gasteiger partial charge in [0.2, 0.25) is 11.6 Å². The summed E-state index contributed by atoms with van der Waals surface area (Å²) in [6.45, 7) is 2.10. The fraction of sp³-hybridized carbons (Fsp3) is 0.241. The third kappa shape index (κ3) is 3.53. The second kappa shape index (κ2) is 8.73. The van der Waals surface area contributed by atoms with E-state index in [1.165, 1.54) is 22.6 Å². The average Bonchev–Trinajstić information content (AvgIpc) is 3.34. The van der Waals surface area contributed by atoms with Crippen LogP contribution in [0.1, 0.15) is 64.3 Å². The number of carbonyl (C=O) groups excluding carboxylic acids is 2. The first kappa shape index (κ1) is 24.2. The number of benzene rings is 3. The summed E-state index contributed by atoms with van der Waals surface area (Å²) in [4.78, 5) is 37.8. The van der Waals surface area contributed by atoms with Crippen molar-refractivity contribution in [2.75, 3.05) is 0 Å². The van der Waals surface area contributed by atoms with Crippen LogP contribution in [0.3, 0.4) is 0 Å². The Bertz CT molecular complexity index is 1640. The van der Waals surface area contributed by atoms with E-state index >= 15 is 0 Å². The van der Waals surface area contributed by atoms with Gasteiger partial charge in [-0.2, -0.15) is 0 Å². The topological polar surface area (TPSA) is 115 Å². The van der Waals surface area contributed by atoms with Gasteiger partial charge in [0, 0.05) is 23.9 Å². The Morgan fingerprint density at radius 3 is 2.32 bits per heavy atom. The number of hydrogen-bond acceptors (Lipinski definition) is 6. The Morgan fingerprint density at radius 2 is 1.63 bits per heavy atom. The van der Waals surface area contributed by atoms with Crippen LogP contribution in [-0.2, 0) is 21.2 Å². The number of Topliss-reactive ketones (excluding diaryl/α,β-unsaturated/α-hetero) is 2. The van der Waals surface area contributed by atoms with Gasteiger partial charge in [0.15, 0.2) is 0 Å². The molecule has 3 aliphatic rings. The van der Waals surface area contributed by atoms with E-state index in [0.29, 0.717) is 28.7 Å². The lowest BCUT2D eigenvalue weighted by atomic mass is 9.70. The van der Waals surface area contributed by atoms with Crippen molar-refractivity contribution in [1.82, 2.24) is 4.31 Å². The van der Waals surface area contributed by atoms with E-state index in [2.05, 4.69) is 6.92 Å². The zero-order valence-corrected chi connectivity index (χ0v) is 21.4. The second-order valence-electron chi connectivity index (χ2n) is 10.0. The molecule has 0 aromatic heterocycles. The molecule has 0 saturated carbocycles. The van der Waals surface area contributed by atoms with Gasteiger partial charge >= 0.3 is 0 Å². The summed E-state index contributed by atoms with van der Waals surface area (Å²) in [7, 11) is -4.24. The zero-order chi connectivity index (χ0) is 26.8. The van der Waals surface area contributed by atoms with Crippen LogP contribution in [0, 0.1) is 16.0 Å². The van der Waals surface area contributed by atoms with Crippen LogP contribution in [-0.4, -0.2) is 29.2 Å². The Labute approximate surface area is 219 Å². The molecule has 6 rings (SSSR count). The van der Waals surface area contributed by atoms with Crippen LogP contribution in [0.25, 0.3) is 5.57 Å². The van der Waals surface area contributed by atoms with E-state index in [1.807, 2.05) is 12.1 Å². The van der Waals surface area contributed by atoms with Gasteiger partial charge in [-0.1, -0.05) is 49.4 Å². The van der Waals surface area contributed by atoms with Crippen molar-refractivity contribution >= 4 is 32.9 Å². The van der Waals surface area contributed by atoms with Gasteiger partial charge in [-0.25, -0.2) is 8.42 Å². The largest absolute Gasteiger partial charge is 0.290 e. The quantitative estimate of drug-likeness (QED) is 0.261. The van der Waals surface area contributed by atoms with Gasteiger partial charge in [-0.15, -0.1) is 0 Å². The van der Waals surface area contributed by atoms with Gasteiger partial charge < -0.3 is 0 Å².